The Morgan fingerprint density at radius 3 is 1.47 bits per heavy atom. The number of carbonyl (C=O) groups excluding carboxylic acids is 3. The summed E-state index contributed by atoms with van der Waals surface area (Å²) < 4.78 is 20.0. The minimum atomic E-state index is -2.70. The molecule has 0 aliphatic heterocycles. The van der Waals surface area contributed by atoms with Crippen LogP contribution in [-0.4, -0.2) is 99.6 Å². The highest BCUT2D eigenvalue weighted by Gasteiger charge is 2.37. The van der Waals surface area contributed by atoms with Crippen LogP contribution in [0.2, 0.25) is 6.04 Å². The van der Waals surface area contributed by atoms with Crippen molar-refractivity contribution in [2.24, 2.45) is 9.98 Å². The number of nitrogens with zero attached hydrogens (tertiary/aromatic N) is 6. The Kier molecular flexibility index (Phi) is 25.2. The maximum Gasteiger partial charge on any atom is 0.500 e. The van der Waals surface area contributed by atoms with Gasteiger partial charge in [0, 0.05) is 66.6 Å². The normalized spacial score (nSPS) is 11.2. The molecular formula is C34H61N7O9Si. The zero-order chi connectivity index (χ0) is 37.7. The number of aliphatic imine (C=N–C) groups is 2. The zero-order valence-electron chi connectivity index (χ0n) is 31.3. The molecule has 1 heterocycles. The van der Waals surface area contributed by atoms with E-state index in [1.54, 1.807) is 21.3 Å². The summed E-state index contributed by atoms with van der Waals surface area (Å²) in [6.45, 7) is 5.20. The second kappa shape index (κ2) is 28.2. The summed E-state index contributed by atoms with van der Waals surface area (Å²) in [7, 11) is 2.03. The molecule has 0 saturated carbocycles. The number of unbranched alkanes of at least 4 members (excludes halogenated alkanes) is 10. The van der Waals surface area contributed by atoms with Crippen LogP contribution < -0.4 is 22.4 Å². The molecule has 17 heteroatoms. The summed E-state index contributed by atoms with van der Waals surface area (Å²) in [5, 5.41) is 3.02. The largest absolute Gasteiger partial charge is 0.500 e. The molecule has 1 aromatic rings. The standard InChI is InChI=1S/C34H61N7O9Si/c1-5-6-23-38(24-19-28-51(48-2,49-3)50-4)31(44)37-22-15-9-12-18-27-41-33(46)39(25-16-10-7-13-20-35-29-42)32(45)40(34(41)47)26-17-11-8-14-21-36-30-43/h5-28H2,1-4H3,(H,37,44). The molecule has 51 heavy (non-hydrogen) atoms. The molecule has 1 rings (SSSR count). The first-order chi connectivity index (χ1) is 24.7. The topological polar surface area (TPSA) is 185 Å². The fourth-order valence-corrected chi connectivity index (χ4v) is 7.44. The van der Waals surface area contributed by atoms with Gasteiger partial charge in [-0.2, -0.15) is 0 Å². The maximum absolute atomic E-state index is 13.3. The number of aromatic nitrogens is 3. The van der Waals surface area contributed by atoms with Gasteiger partial charge >= 0.3 is 31.9 Å². The van der Waals surface area contributed by atoms with Gasteiger partial charge in [-0.25, -0.2) is 52.5 Å². The Morgan fingerprint density at radius 2 is 1.06 bits per heavy atom. The Bertz CT molecular complexity index is 1320. The fraction of sp³-hybridized carbons (Fsp3) is 0.824. The first-order valence-corrected chi connectivity index (χ1v) is 20.4. The molecule has 0 unspecified atom stereocenters. The van der Waals surface area contributed by atoms with Gasteiger partial charge in [0.05, 0.1) is 13.1 Å². The number of isocyanates is 2. The molecule has 1 aromatic heterocycles. The predicted molar refractivity (Wildman–Crippen MR) is 197 cm³/mol. The fourth-order valence-electron chi connectivity index (χ4n) is 5.74. The average Bonchev–Trinajstić information content (AvgIpc) is 3.14. The Labute approximate surface area is 302 Å². The van der Waals surface area contributed by atoms with E-state index in [-0.39, 0.29) is 25.7 Å². The van der Waals surface area contributed by atoms with E-state index in [9.17, 15) is 28.8 Å². The summed E-state index contributed by atoms with van der Waals surface area (Å²) in [6.07, 6.45) is 14.1. The maximum atomic E-state index is 13.3. The van der Waals surface area contributed by atoms with Crippen molar-refractivity contribution < 1.29 is 27.7 Å². The smallest absolute Gasteiger partial charge is 0.377 e. The highest BCUT2D eigenvalue weighted by Crippen LogP contribution is 2.16. The first-order valence-electron chi connectivity index (χ1n) is 18.5. The van der Waals surface area contributed by atoms with Crippen molar-refractivity contribution >= 4 is 27.0 Å². The monoisotopic (exact) mass is 739 g/mol. The van der Waals surface area contributed by atoms with Crippen LogP contribution in [-0.2, 0) is 42.5 Å². The minimum absolute atomic E-state index is 0.110. The van der Waals surface area contributed by atoms with E-state index in [1.165, 1.54) is 16.7 Å². The van der Waals surface area contributed by atoms with Gasteiger partial charge in [0.1, 0.15) is 0 Å². The summed E-state index contributed by atoms with van der Waals surface area (Å²) in [4.78, 5) is 82.3. The van der Waals surface area contributed by atoms with E-state index in [0.717, 1.165) is 66.9 Å². The van der Waals surface area contributed by atoms with Crippen LogP contribution in [0.5, 0.6) is 0 Å². The number of nitrogens with one attached hydrogen (secondary N) is 1. The van der Waals surface area contributed by atoms with E-state index in [0.29, 0.717) is 77.3 Å². The van der Waals surface area contributed by atoms with E-state index in [1.807, 2.05) is 4.90 Å². The van der Waals surface area contributed by atoms with E-state index in [2.05, 4.69) is 22.2 Å². The van der Waals surface area contributed by atoms with Gasteiger partial charge in [0.15, 0.2) is 0 Å². The van der Waals surface area contributed by atoms with Crippen molar-refractivity contribution in [1.82, 2.24) is 23.9 Å². The van der Waals surface area contributed by atoms with Crippen molar-refractivity contribution in [3.63, 3.8) is 0 Å². The van der Waals surface area contributed by atoms with E-state index >= 15 is 0 Å². The number of rotatable bonds is 31. The Hall–Kier alpha value is -3.46. The average molecular weight is 740 g/mol. The van der Waals surface area contributed by atoms with Crippen LogP contribution in [0.3, 0.4) is 0 Å². The second-order valence-electron chi connectivity index (χ2n) is 12.5. The van der Waals surface area contributed by atoms with Crippen molar-refractivity contribution in [2.75, 3.05) is 54.1 Å². The van der Waals surface area contributed by atoms with E-state index in [4.69, 9.17) is 13.3 Å². The van der Waals surface area contributed by atoms with Gasteiger partial charge in [0.25, 0.3) is 0 Å². The molecule has 0 fully saturated rings. The van der Waals surface area contributed by atoms with Gasteiger partial charge < -0.3 is 23.5 Å². The lowest BCUT2D eigenvalue weighted by Gasteiger charge is -2.27. The van der Waals surface area contributed by atoms with Gasteiger partial charge in [0.2, 0.25) is 12.2 Å². The molecule has 2 amide bonds. The number of hydrogen-bond donors (Lipinski definition) is 1. The number of carbonyl (C=O) groups is 1. The predicted octanol–water partition coefficient (Wildman–Crippen LogP) is 3.60. The van der Waals surface area contributed by atoms with Gasteiger partial charge in [-0.05, 0) is 51.4 Å². The molecule has 0 saturated heterocycles. The lowest BCUT2D eigenvalue weighted by molar-refractivity contribution is 0.121. The first kappa shape index (κ1) is 45.6. The molecule has 0 bridgehead atoms. The van der Waals surface area contributed by atoms with Gasteiger partial charge in [-0.1, -0.05) is 51.9 Å². The van der Waals surface area contributed by atoms with Crippen LogP contribution in [0.1, 0.15) is 103 Å². The third-order valence-electron chi connectivity index (χ3n) is 8.82. The van der Waals surface area contributed by atoms with Gasteiger partial charge in [-0.15, -0.1) is 0 Å². The number of amides is 2. The van der Waals surface area contributed by atoms with Crippen molar-refractivity contribution in [2.45, 2.75) is 129 Å². The molecule has 0 spiro atoms. The van der Waals surface area contributed by atoms with Crippen molar-refractivity contribution in [1.29, 1.82) is 0 Å². The molecule has 16 nitrogen and oxygen atoms in total. The van der Waals surface area contributed by atoms with E-state index < -0.39 is 25.9 Å². The summed E-state index contributed by atoms with van der Waals surface area (Å²) in [6, 6.07) is 0.498. The van der Waals surface area contributed by atoms with Crippen LogP contribution in [0.4, 0.5) is 4.79 Å². The molecule has 0 radical (unpaired) electrons. The Morgan fingerprint density at radius 1 is 0.647 bits per heavy atom. The summed E-state index contributed by atoms with van der Waals surface area (Å²) >= 11 is 0. The second-order valence-corrected chi connectivity index (χ2v) is 15.6. The molecule has 0 atom stereocenters. The third kappa shape index (κ3) is 17.5. The third-order valence-corrected chi connectivity index (χ3v) is 11.6. The lowest BCUT2D eigenvalue weighted by atomic mass is 10.2. The van der Waals surface area contributed by atoms with Crippen LogP contribution >= 0.6 is 0 Å². The molecule has 290 valence electrons. The zero-order valence-corrected chi connectivity index (χ0v) is 32.3. The van der Waals surface area contributed by atoms with Crippen LogP contribution in [0.25, 0.3) is 0 Å². The molecule has 0 aliphatic rings. The SMILES string of the molecule is CCCCN(CCC[Si](OC)(OC)OC)C(=O)NCCCCCCn1c(=O)n(CCCCCCN=C=O)c(=O)n(CCCCCCN=C=O)c1=O. The summed E-state index contributed by atoms with van der Waals surface area (Å²) in [5.74, 6) is 0. The molecule has 0 aliphatic carbocycles. The highest BCUT2D eigenvalue weighted by molar-refractivity contribution is 6.60. The van der Waals surface area contributed by atoms with Crippen LogP contribution in [0.15, 0.2) is 24.4 Å². The van der Waals surface area contributed by atoms with Gasteiger partial charge in [-0.3, -0.25) is 0 Å². The minimum Gasteiger partial charge on any atom is -0.377 e. The Balaban J connectivity index is 2.76. The highest BCUT2D eigenvalue weighted by atomic mass is 28.4. The number of urea groups is 1. The molecule has 0 aromatic carbocycles. The molecular weight excluding hydrogens is 678 g/mol. The number of hydrogen-bond acceptors (Lipinski definition) is 11. The van der Waals surface area contributed by atoms with Crippen molar-refractivity contribution in [3.8, 4) is 0 Å². The quantitative estimate of drug-likeness (QED) is 0.0514. The summed E-state index contributed by atoms with van der Waals surface area (Å²) in [5.41, 5.74) is -1.79. The van der Waals surface area contributed by atoms with Crippen molar-refractivity contribution in [3.05, 3.63) is 31.5 Å². The van der Waals surface area contributed by atoms with Crippen LogP contribution in [0, 0.1) is 0 Å². The lowest BCUT2D eigenvalue weighted by Crippen LogP contribution is -2.54. The molecule has 1 N–H and O–H groups in total.